The Bertz CT molecular complexity index is 430. The number of hydrogen-bond acceptors (Lipinski definition) is 4. The number of carbonyl (C=O) groups is 2. The maximum Gasteiger partial charge on any atom is 0.326 e. The average Bonchev–Trinajstić information content (AvgIpc) is 2.83. The van der Waals surface area contributed by atoms with E-state index < -0.39 is 17.9 Å². The second-order valence-corrected chi connectivity index (χ2v) is 4.13. The van der Waals surface area contributed by atoms with Crippen molar-refractivity contribution in [2.75, 3.05) is 0 Å². The molecular weight excluding hydrogens is 236 g/mol. The lowest BCUT2D eigenvalue weighted by atomic mass is 9.99. The molecular formula is C11H18N4O3. The van der Waals surface area contributed by atoms with Gasteiger partial charge >= 0.3 is 5.97 Å². The number of H-pyrrole nitrogens is 1. The van der Waals surface area contributed by atoms with Gasteiger partial charge in [-0.15, -0.1) is 5.10 Å². The van der Waals surface area contributed by atoms with Crippen molar-refractivity contribution in [2.45, 2.75) is 39.7 Å². The molecule has 3 N–H and O–H groups in total. The van der Waals surface area contributed by atoms with Gasteiger partial charge < -0.3 is 10.4 Å². The van der Waals surface area contributed by atoms with Crippen LogP contribution in [0.3, 0.4) is 0 Å². The van der Waals surface area contributed by atoms with Crippen LogP contribution in [0, 0.1) is 5.92 Å². The van der Waals surface area contributed by atoms with Crippen molar-refractivity contribution in [1.29, 1.82) is 0 Å². The van der Waals surface area contributed by atoms with Gasteiger partial charge in [0.25, 0.3) is 5.91 Å². The number of carboxylic acids is 1. The number of nitrogens with zero attached hydrogens (tertiary/aromatic N) is 2. The lowest BCUT2D eigenvalue weighted by Gasteiger charge is -2.19. The molecule has 1 aromatic rings. The van der Waals surface area contributed by atoms with Crippen LogP contribution in [0.25, 0.3) is 0 Å². The zero-order chi connectivity index (χ0) is 13.7. The normalized spacial score (nSPS) is 13.9. The summed E-state index contributed by atoms with van der Waals surface area (Å²) in [7, 11) is 0. The van der Waals surface area contributed by atoms with Crippen LogP contribution in [0.1, 0.15) is 43.6 Å². The van der Waals surface area contributed by atoms with Crippen molar-refractivity contribution in [1.82, 2.24) is 20.5 Å². The number of carboxylic acid groups (broad SMARTS) is 1. The summed E-state index contributed by atoms with van der Waals surface area (Å²) in [6.07, 6.45) is 1.29. The van der Waals surface area contributed by atoms with Crippen LogP contribution in [0.5, 0.6) is 0 Å². The highest BCUT2D eigenvalue weighted by molar-refractivity contribution is 5.93. The maximum absolute atomic E-state index is 11.8. The van der Waals surface area contributed by atoms with E-state index in [1.165, 1.54) is 0 Å². The molecule has 0 saturated carbocycles. The summed E-state index contributed by atoms with van der Waals surface area (Å²) in [5.41, 5.74) is 0. The molecule has 0 spiro atoms. The minimum atomic E-state index is -1.05. The van der Waals surface area contributed by atoms with Crippen LogP contribution in [0.15, 0.2) is 0 Å². The molecule has 2 atom stereocenters. The quantitative estimate of drug-likeness (QED) is 0.688. The zero-order valence-electron chi connectivity index (χ0n) is 10.7. The Morgan fingerprint density at radius 1 is 1.44 bits per heavy atom. The molecule has 7 heteroatoms. The predicted octanol–water partition coefficient (Wildman–Crippen LogP) is 0.596. The van der Waals surface area contributed by atoms with Crippen LogP contribution in [-0.4, -0.2) is 38.2 Å². The van der Waals surface area contributed by atoms with Crippen molar-refractivity contribution in [3.8, 4) is 0 Å². The number of amides is 1. The van der Waals surface area contributed by atoms with Gasteiger partial charge in [0, 0.05) is 6.42 Å². The van der Waals surface area contributed by atoms with Crippen molar-refractivity contribution >= 4 is 11.9 Å². The second kappa shape index (κ2) is 6.13. The summed E-state index contributed by atoms with van der Waals surface area (Å²) in [5.74, 6) is -1.21. The van der Waals surface area contributed by atoms with Gasteiger partial charge in [-0.3, -0.25) is 9.89 Å². The molecule has 0 bridgehead atoms. The van der Waals surface area contributed by atoms with E-state index >= 15 is 0 Å². The zero-order valence-corrected chi connectivity index (χ0v) is 10.7. The lowest BCUT2D eigenvalue weighted by molar-refractivity contribution is -0.140. The molecule has 0 aromatic carbocycles. The molecule has 0 fully saturated rings. The Morgan fingerprint density at radius 2 is 2.11 bits per heavy atom. The number of hydrogen-bond donors (Lipinski definition) is 3. The van der Waals surface area contributed by atoms with Gasteiger partial charge in [0.05, 0.1) is 0 Å². The number of aromatic amines is 1. The highest BCUT2D eigenvalue weighted by Gasteiger charge is 2.27. The number of aryl methyl sites for hydroxylation is 1. The van der Waals surface area contributed by atoms with Crippen LogP contribution in [0.4, 0.5) is 0 Å². The van der Waals surface area contributed by atoms with Gasteiger partial charge in [-0.25, -0.2) is 9.78 Å². The van der Waals surface area contributed by atoms with E-state index in [2.05, 4.69) is 20.5 Å². The third-order valence-electron chi connectivity index (χ3n) is 2.84. The Balaban J connectivity index is 2.75. The van der Waals surface area contributed by atoms with E-state index in [0.29, 0.717) is 18.7 Å². The van der Waals surface area contributed by atoms with Crippen LogP contribution in [0.2, 0.25) is 0 Å². The predicted molar refractivity (Wildman–Crippen MR) is 64.1 cm³/mol. The fourth-order valence-corrected chi connectivity index (χ4v) is 1.44. The molecule has 0 aliphatic heterocycles. The first-order chi connectivity index (χ1) is 8.49. The number of aromatic nitrogens is 3. The SMILES string of the molecule is CCc1nc(C(=O)NC(C(=O)O)C(C)CC)n[nH]1. The van der Waals surface area contributed by atoms with Gasteiger partial charge in [0.15, 0.2) is 0 Å². The molecule has 18 heavy (non-hydrogen) atoms. The van der Waals surface area contributed by atoms with E-state index in [4.69, 9.17) is 5.11 Å². The van der Waals surface area contributed by atoms with Gasteiger partial charge in [-0.1, -0.05) is 27.2 Å². The Morgan fingerprint density at radius 3 is 2.56 bits per heavy atom. The fraction of sp³-hybridized carbons (Fsp3) is 0.636. The average molecular weight is 254 g/mol. The Labute approximate surface area is 105 Å². The second-order valence-electron chi connectivity index (χ2n) is 4.13. The molecule has 100 valence electrons. The summed E-state index contributed by atoms with van der Waals surface area (Å²) in [6, 6.07) is -0.925. The smallest absolute Gasteiger partial charge is 0.326 e. The molecule has 1 heterocycles. The minimum Gasteiger partial charge on any atom is -0.480 e. The maximum atomic E-state index is 11.8. The number of aliphatic carboxylic acids is 1. The Hall–Kier alpha value is -1.92. The molecule has 0 radical (unpaired) electrons. The number of rotatable bonds is 6. The molecule has 0 aliphatic rings. The highest BCUT2D eigenvalue weighted by atomic mass is 16.4. The third kappa shape index (κ3) is 3.28. The van der Waals surface area contributed by atoms with Crippen LogP contribution >= 0.6 is 0 Å². The summed E-state index contributed by atoms with van der Waals surface area (Å²) in [4.78, 5) is 26.8. The van der Waals surface area contributed by atoms with Gasteiger partial charge in [-0.2, -0.15) is 0 Å². The molecule has 1 aromatic heterocycles. The largest absolute Gasteiger partial charge is 0.480 e. The first-order valence-electron chi connectivity index (χ1n) is 5.94. The van der Waals surface area contributed by atoms with Crippen LogP contribution < -0.4 is 5.32 Å². The van der Waals surface area contributed by atoms with Gasteiger partial charge in [0.2, 0.25) is 5.82 Å². The number of nitrogens with one attached hydrogen (secondary N) is 2. The summed E-state index contributed by atoms with van der Waals surface area (Å²) >= 11 is 0. The Kier molecular flexibility index (Phi) is 4.82. The monoisotopic (exact) mass is 254 g/mol. The lowest BCUT2D eigenvalue weighted by Crippen LogP contribution is -2.45. The molecule has 7 nitrogen and oxygen atoms in total. The minimum absolute atomic E-state index is 0.0265. The van der Waals surface area contributed by atoms with E-state index in [-0.39, 0.29) is 11.7 Å². The molecule has 1 amide bonds. The van der Waals surface area contributed by atoms with E-state index in [1.807, 2.05) is 13.8 Å². The van der Waals surface area contributed by atoms with E-state index in [0.717, 1.165) is 0 Å². The van der Waals surface area contributed by atoms with Crippen molar-refractivity contribution in [3.05, 3.63) is 11.6 Å². The highest BCUT2D eigenvalue weighted by Crippen LogP contribution is 2.08. The van der Waals surface area contributed by atoms with E-state index in [9.17, 15) is 9.59 Å². The summed E-state index contributed by atoms with van der Waals surface area (Å²) in [6.45, 7) is 5.52. The summed E-state index contributed by atoms with van der Waals surface area (Å²) in [5, 5.41) is 17.9. The first-order valence-corrected chi connectivity index (χ1v) is 5.94. The topological polar surface area (TPSA) is 108 Å². The molecule has 1 rings (SSSR count). The van der Waals surface area contributed by atoms with Crippen molar-refractivity contribution in [3.63, 3.8) is 0 Å². The van der Waals surface area contributed by atoms with E-state index in [1.54, 1.807) is 6.92 Å². The molecule has 2 unspecified atom stereocenters. The third-order valence-corrected chi connectivity index (χ3v) is 2.84. The van der Waals surface area contributed by atoms with Gasteiger partial charge in [0.1, 0.15) is 11.9 Å². The fourth-order valence-electron chi connectivity index (χ4n) is 1.44. The molecule has 0 aliphatic carbocycles. The first kappa shape index (κ1) is 14.1. The van der Waals surface area contributed by atoms with Crippen LogP contribution in [-0.2, 0) is 11.2 Å². The van der Waals surface area contributed by atoms with Crippen molar-refractivity contribution < 1.29 is 14.7 Å². The standard InChI is InChI=1S/C11H18N4O3/c1-4-6(3)8(11(17)18)13-10(16)9-12-7(5-2)14-15-9/h6,8H,4-5H2,1-3H3,(H,13,16)(H,17,18)(H,12,14,15). The van der Waals surface area contributed by atoms with Crippen molar-refractivity contribution in [2.24, 2.45) is 5.92 Å². The molecule has 0 saturated heterocycles. The number of carbonyl (C=O) groups excluding carboxylic acids is 1. The summed E-state index contributed by atoms with van der Waals surface area (Å²) < 4.78 is 0. The van der Waals surface area contributed by atoms with Gasteiger partial charge in [-0.05, 0) is 5.92 Å².